The summed E-state index contributed by atoms with van der Waals surface area (Å²) in [7, 11) is 0. The van der Waals surface area contributed by atoms with Crippen LogP contribution in [0, 0.1) is 5.41 Å². The van der Waals surface area contributed by atoms with Gasteiger partial charge in [-0.15, -0.1) is 0 Å². The van der Waals surface area contributed by atoms with Crippen molar-refractivity contribution >= 4 is 6.29 Å². The van der Waals surface area contributed by atoms with Gasteiger partial charge in [-0.3, -0.25) is 4.79 Å². The summed E-state index contributed by atoms with van der Waals surface area (Å²) >= 11 is 0. The molecule has 88 valence electrons. The quantitative estimate of drug-likeness (QED) is 0.638. The minimum atomic E-state index is -0.326. The predicted octanol–water partition coefficient (Wildman–Crippen LogP) is 2.21. The normalized spacial score (nSPS) is 36.9. The lowest BCUT2D eigenvalue weighted by molar-refractivity contribution is -0.196. The highest BCUT2D eigenvalue weighted by Crippen LogP contribution is 2.52. The number of allylic oxidation sites excluding steroid dienone is 2. The fourth-order valence-corrected chi connectivity index (χ4v) is 3.53. The zero-order valence-electron chi connectivity index (χ0n) is 9.54. The highest BCUT2D eigenvalue weighted by molar-refractivity contribution is 5.74. The van der Waals surface area contributed by atoms with Gasteiger partial charge in [-0.25, -0.2) is 0 Å². The summed E-state index contributed by atoms with van der Waals surface area (Å²) in [5, 5.41) is 0. The van der Waals surface area contributed by atoms with Gasteiger partial charge in [0, 0.05) is 12.8 Å². The molecule has 1 saturated heterocycles. The second-order valence-electron chi connectivity index (χ2n) is 5.34. The van der Waals surface area contributed by atoms with Crippen LogP contribution < -0.4 is 0 Å². The molecule has 3 heteroatoms. The predicted molar refractivity (Wildman–Crippen MR) is 58.9 cm³/mol. The average Bonchev–Trinajstić information content (AvgIpc) is 2.87. The number of carbonyl (C=O) groups excluding carboxylic acids is 1. The van der Waals surface area contributed by atoms with E-state index in [4.69, 9.17) is 9.47 Å². The lowest BCUT2D eigenvalue weighted by Gasteiger charge is -2.42. The molecule has 16 heavy (non-hydrogen) atoms. The van der Waals surface area contributed by atoms with Crippen LogP contribution in [0.25, 0.3) is 0 Å². The van der Waals surface area contributed by atoms with Gasteiger partial charge in [0.1, 0.15) is 6.29 Å². The first-order valence-electron chi connectivity index (χ1n) is 6.21. The largest absolute Gasteiger partial charge is 0.348 e. The topological polar surface area (TPSA) is 35.5 Å². The van der Waals surface area contributed by atoms with Crippen LogP contribution in [0.5, 0.6) is 0 Å². The molecule has 1 saturated carbocycles. The fourth-order valence-electron chi connectivity index (χ4n) is 3.53. The SMILES string of the molecule is O=CC1=C[C@@]2(CCCC3(C2)OCCO3)CC1. The molecule has 1 atom stereocenters. The molecule has 2 fully saturated rings. The van der Waals surface area contributed by atoms with Crippen molar-refractivity contribution in [2.75, 3.05) is 13.2 Å². The third-order valence-electron chi connectivity index (χ3n) is 4.22. The van der Waals surface area contributed by atoms with E-state index in [9.17, 15) is 4.79 Å². The molecule has 3 rings (SSSR count). The minimum absolute atomic E-state index is 0.179. The molecule has 0 aromatic heterocycles. The third-order valence-corrected chi connectivity index (χ3v) is 4.22. The van der Waals surface area contributed by atoms with Crippen LogP contribution in [-0.4, -0.2) is 25.3 Å². The Kier molecular flexibility index (Phi) is 2.41. The lowest BCUT2D eigenvalue weighted by Crippen LogP contribution is -2.40. The van der Waals surface area contributed by atoms with Gasteiger partial charge in [-0.1, -0.05) is 6.08 Å². The second-order valence-corrected chi connectivity index (χ2v) is 5.34. The van der Waals surface area contributed by atoms with E-state index >= 15 is 0 Å². The Bertz CT molecular complexity index is 328. The Morgan fingerprint density at radius 2 is 2.00 bits per heavy atom. The molecule has 2 spiro atoms. The molecule has 0 radical (unpaired) electrons. The second kappa shape index (κ2) is 3.67. The Morgan fingerprint density at radius 3 is 2.69 bits per heavy atom. The Morgan fingerprint density at radius 1 is 1.19 bits per heavy atom. The maximum absolute atomic E-state index is 10.8. The number of ether oxygens (including phenoxy) is 2. The summed E-state index contributed by atoms with van der Waals surface area (Å²) in [6.07, 6.45) is 9.49. The van der Waals surface area contributed by atoms with Crippen LogP contribution in [0.2, 0.25) is 0 Å². The van der Waals surface area contributed by atoms with Gasteiger partial charge in [0.15, 0.2) is 5.79 Å². The molecule has 1 aliphatic heterocycles. The number of carbonyl (C=O) groups is 1. The number of hydrogen-bond donors (Lipinski definition) is 0. The van der Waals surface area contributed by atoms with Gasteiger partial charge < -0.3 is 9.47 Å². The van der Waals surface area contributed by atoms with E-state index in [-0.39, 0.29) is 11.2 Å². The third kappa shape index (κ3) is 1.62. The summed E-state index contributed by atoms with van der Waals surface area (Å²) in [5.74, 6) is -0.326. The first kappa shape index (κ1) is 10.5. The van der Waals surface area contributed by atoms with E-state index in [0.717, 1.165) is 57.2 Å². The first-order valence-corrected chi connectivity index (χ1v) is 6.21. The molecular formula is C13H18O3. The monoisotopic (exact) mass is 222 g/mol. The molecule has 0 aromatic carbocycles. The maximum atomic E-state index is 10.8. The zero-order chi connectivity index (χ0) is 11.1. The Balaban J connectivity index is 1.82. The molecule has 3 nitrogen and oxygen atoms in total. The van der Waals surface area contributed by atoms with Crippen molar-refractivity contribution < 1.29 is 14.3 Å². The van der Waals surface area contributed by atoms with Crippen molar-refractivity contribution in [1.29, 1.82) is 0 Å². The molecule has 0 bridgehead atoms. The Hall–Kier alpha value is -0.670. The van der Waals surface area contributed by atoms with E-state index in [1.165, 1.54) is 6.42 Å². The van der Waals surface area contributed by atoms with Crippen LogP contribution in [0.15, 0.2) is 11.6 Å². The van der Waals surface area contributed by atoms with Crippen molar-refractivity contribution in [3.05, 3.63) is 11.6 Å². The summed E-state index contributed by atoms with van der Waals surface area (Å²) < 4.78 is 11.6. The van der Waals surface area contributed by atoms with Crippen molar-refractivity contribution in [1.82, 2.24) is 0 Å². The van der Waals surface area contributed by atoms with Crippen molar-refractivity contribution in [3.8, 4) is 0 Å². The van der Waals surface area contributed by atoms with Gasteiger partial charge in [0.25, 0.3) is 0 Å². The molecular weight excluding hydrogens is 204 g/mol. The van der Waals surface area contributed by atoms with Crippen LogP contribution in [0.1, 0.15) is 38.5 Å². The summed E-state index contributed by atoms with van der Waals surface area (Å²) in [5.41, 5.74) is 1.15. The molecule has 3 aliphatic rings. The summed E-state index contributed by atoms with van der Waals surface area (Å²) in [6, 6.07) is 0. The van der Waals surface area contributed by atoms with Gasteiger partial charge in [0.2, 0.25) is 0 Å². The highest BCUT2D eigenvalue weighted by atomic mass is 16.7. The highest BCUT2D eigenvalue weighted by Gasteiger charge is 2.48. The molecule has 0 amide bonds. The van der Waals surface area contributed by atoms with Crippen LogP contribution in [0.3, 0.4) is 0 Å². The number of rotatable bonds is 1. The van der Waals surface area contributed by atoms with E-state index in [1.807, 2.05) is 0 Å². The van der Waals surface area contributed by atoms with Crippen molar-refractivity contribution in [2.45, 2.75) is 44.3 Å². The van der Waals surface area contributed by atoms with Gasteiger partial charge in [0.05, 0.1) is 13.2 Å². The van der Waals surface area contributed by atoms with Crippen molar-refractivity contribution in [2.24, 2.45) is 5.41 Å². The van der Waals surface area contributed by atoms with Crippen LogP contribution in [0.4, 0.5) is 0 Å². The first-order chi connectivity index (χ1) is 7.76. The Labute approximate surface area is 95.8 Å². The number of aldehydes is 1. The van der Waals surface area contributed by atoms with Crippen molar-refractivity contribution in [3.63, 3.8) is 0 Å². The van der Waals surface area contributed by atoms with E-state index in [1.54, 1.807) is 0 Å². The number of hydrogen-bond acceptors (Lipinski definition) is 3. The van der Waals surface area contributed by atoms with Crippen LogP contribution >= 0.6 is 0 Å². The molecule has 0 N–H and O–H groups in total. The zero-order valence-corrected chi connectivity index (χ0v) is 9.54. The molecule has 2 aliphatic carbocycles. The smallest absolute Gasteiger partial charge is 0.169 e. The van der Waals surface area contributed by atoms with Gasteiger partial charge in [-0.05, 0) is 36.7 Å². The molecule has 0 unspecified atom stereocenters. The van der Waals surface area contributed by atoms with Gasteiger partial charge in [-0.2, -0.15) is 0 Å². The molecule has 0 aromatic rings. The van der Waals surface area contributed by atoms with Crippen LogP contribution in [-0.2, 0) is 14.3 Å². The minimum Gasteiger partial charge on any atom is -0.348 e. The standard InChI is InChI=1S/C13H18O3/c14-9-11-2-5-12(8-11)3-1-4-13(10-12)15-6-7-16-13/h8-9H,1-7,10H2/t12-/m1/s1. The van der Waals surface area contributed by atoms with E-state index < -0.39 is 0 Å². The van der Waals surface area contributed by atoms with Gasteiger partial charge >= 0.3 is 0 Å². The fraction of sp³-hybridized carbons (Fsp3) is 0.769. The van der Waals surface area contributed by atoms with E-state index in [2.05, 4.69) is 6.08 Å². The average molecular weight is 222 g/mol. The molecule has 1 heterocycles. The summed E-state index contributed by atoms with van der Waals surface area (Å²) in [6.45, 7) is 1.45. The lowest BCUT2D eigenvalue weighted by atomic mass is 9.71. The summed E-state index contributed by atoms with van der Waals surface area (Å²) in [4.78, 5) is 10.8. The maximum Gasteiger partial charge on any atom is 0.169 e. The van der Waals surface area contributed by atoms with E-state index in [0.29, 0.717) is 0 Å².